The highest BCUT2D eigenvalue weighted by atomic mass is 35.5. The van der Waals surface area contributed by atoms with Crippen molar-refractivity contribution >= 4 is 23.2 Å². The Balaban J connectivity index is 1.56. The van der Waals surface area contributed by atoms with Crippen molar-refractivity contribution < 1.29 is 0 Å². The van der Waals surface area contributed by atoms with Gasteiger partial charge in [-0.15, -0.1) is 0 Å². The minimum absolute atomic E-state index is 0.0334. The first-order chi connectivity index (χ1) is 11.6. The van der Waals surface area contributed by atoms with Crippen LogP contribution in [0.25, 0.3) is 0 Å². The molecule has 1 aromatic carbocycles. The van der Waals surface area contributed by atoms with Gasteiger partial charge in [-0.1, -0.05) is 29.3 Å². The second kappa shape index (κ2) is 6.51. The third kappa shape index (κ3) is 3.37. The number of hydrogen-bond acceptors (Lipinski definition) is 3. The monoisotopic (exact) mass is 363 g/mol. The molecule has 1 saturated carbocycles. The Morgan fingerprint density at radius 1 is 1.25 bits per heavy atom. The third-order valence-electron chi connectivity index (χ3n) is 4.82. The Kier molecular flexibility index (Phi) is 4.37. The minimum Gasteiger partial charge on any atom is -0.310 e. The molecule has 4 nitrogen and oxygen atoms in total. The summed E-state index contributed by atoms with van der Waals surface area (Å²) >= 11 is 12.6. The van der Waals surface area contributed by atoms with Gasteiger partial charge in [0.1, 0.15) is 5.82 Å². The van der Waals surface area contributed by atoms with Crippen LogP contribution in [0.3, 0.4) is 0 Å². The van der Waals surface area contributed by atoms with Crippen molar-refractivity contribution in [1.29, 1.82) is 0 Å². The second-order valence-corrected chi connectivity index (χ2v) is 7.56. The summed E-state index contributed by atoms with van der Waals surface area (Å²) in [4.78, 5) is 22.2. The quantitative estimate of drug-likeness (QED) is 0.902. The van der Waals surface area contributed by atoms with Crippen molar-refractivity contribution in [3.8, 4) is 0 Å². The Bertz CT molecular complexity index is 809. The highest BCUT2D eigenvalue weighted by Gasteiger charge is 2.26. The fraction of sp³-hybridized carbons (Fsp3) is 0.444. The standard InChI is InChI=1S/C18H19Cl2N3O/c19-14-2-1-3-15(20)13(14)9-23-7-6-12-16(10-23)21-17(22-18(12)24)8-11-4-5-11/h1-3,11H,4-10H2,(H,21,22,24). The number of hydrogen-bond donors (Lipinski definition) is 1. The van der Waals surface area contributed by atoms with Gasteiger partial charge in [0.2, 0.25) is 0 Å². The van der Waals surface area contributed by atoms with Crippen molar-refractivity contribution in [2.45, 2.75) is 38.8 Å². The molecule has 0 amide bonds. The number of halogens is 2. The predicted molar refractivity (Wildman–Crippen MR) is 95.6 cm³/mol. The SMILES string of the molecule is O=c1[nH]c(CC2CC2)nc2c1CCN(Cc1c(Cl)cccc1Cl)C2. The van der Waals surface area contributed by atoms with E-state index in [-0.39, 0.29) is 5.56 Å². The number of aromatic nitrogens is 2. The minimum atomic E-state index is 0.0334. The van der Waals surface area contributed by atoms with Gasteiger partial charge < -0.3 is 4.98 Å². The molecule has 2 aromatic rings. The zero-order valence-corrected chi connectivity index (χ0v) is 14.8. The highest BCUT2D eigenvalue weighted by molar-refractivity contribution is 6.35. The summed E-state index contributed by atoms with van der Waals surface area (Å²) in [6.07, 6.45) is 4.10. The molecule has 2 heterocycles. The van der Waals surface area contributed by atoms with E-state index in [1.54, 1.807) is 0 Å². The van der Waals surface area contributed by atoms with Crippen LogP contribution >= 0.6 is 23.2 Å². The summed E-state index contributed by atoms with van der Waals surface area (Å²) in [5.74, 6) is 1.53. The van der Waals surface area contributed by atoms with E-state index in [1.807, 2.05) is 18.2 Å². The molecule has 0 saturated heterocycles. The van der Waals surface area contributed by atoms with Crippen molar-refractivity contribution in [2.24, 2.45) is 5.92 Å². The molecule has 1 aliphatic heterocycles. The predicted octanol–water partition coefficient (Wildman–Crippen LogP) is 3.59. The van der Waals surface area contributed by atoms with Crippen LogP contribution in [0.15, 0.2) is 23.0 Å². The van der Waals surface area contributed by atoms with E-state index in [0.29, 0.717) is 35.5 Å². The lowest BCUT2D eigenvalue weighted by Crippen LogP contribution is -2.35. The maximum Gasteiger partial charge on any atom is 0.254 e. The van der Waals surface area contributed by atoms with E-state index in [2.05, 4.69) is 9.88 Å². The molecule has 126 valence electrons. The van der Waals surface area contributed by atoms with Gasteiger partial charge in [-0.05, 0) is 37.3 Å². The average Bonchev–Trinajstić information content (AvgIpc) is 3.35. The fourth-order valence-corrected chi connectivity index (χ4v) is 3.80. The zero-order valence-electron chi connectivity index (χ0n) is 13.3. The molecule has 2 aliphatic rings. The van der Waals surface area contributed by atoms with Gasteiger partial charge in [-0.25, -0.2) is 4.98 Å². The summed E-state index contributed by atoms with van der Waals surface area (Å²) in [5.41, 5.74) is 2.71. The Hall–Kier alpha value is -1.36. The third-order valence-corrected chi connectivity index (χ3v) is 5.53. The molecule has 0 unspecified atom stereocenters. The van der Waals surface area contributed by atoms with Crippen LogP contribution in [0, 0.1) is 5.92 Å². The van der Waals surface area contributed by atoms with Crippen molar-refractivity contribution in [1.82, 2.24) is 14.9 Å². The van der Waals surface area contributed by atoms with E-state index in [1.165, 1.54) is 12.8 Å². The second-order valence-electron chi connectivity index (χ2n) is 6.75. The topological polar surface area (TPSA) is 49.0 Å². The van der Waals surface area contributed by atoms with Gasteiger partial charge in [0, 0.05) is 47.2 Å². The van der Waals surface area contributed by atoms with Crippen molar-refractivity contribution in [3.05, 3.63) is 61.2 Å². The molecule has 0 radical (unpaired) electrons. The van der Waals surface area contributed by atoms with Crippen molar-refractivity contribution in [3.63, 3.8) is 0 Å². The van der Waals surface area contributed by atoms with Gasteiger partial charge in [-0.2, -0.15) is 0 Å². The smallest absolute Gasteiger partial charge is 0.254 e. The van der Waals surface area contributed by atoms with Gasteiger partial charge >= 0.3 is 0 Å². The van der Waals surface area contributed by atoms with Crippen LogP contribution in [-0.2, 0) is 25.9 Å². The van der Waals surface area contributed by atoms with E-state index in [4.69, 9.17) is 28.2 Å². The van der Waals surface area contributed by atoms with Crippen LogP contribution in [-0.4, -0.2) is 21.4 Å². The summed E-state index contributed by atoms with van der Waals surface area (Å²) < 4.78 is 0. The Morgan fingerprint density at radius 3 is 2.71 bits per heavy atom. The van der Waals surface area contributed by atoms with Crippen LogP contribution < -0.4 is 5.56 Å². The van der Waals surface area contributed by atoms with E-state index < -0.39 is 0 Å². The number of rotatable bonds is 4. The van der Waals surface area contributed by atoms with Crippen LogP contribution in [0.1, 0.15) is 35.5 Å². The highest BCUT2D eigenvalue weighted by Crippen LogP contribution is 2.32. The molecule has 4 rings (SSSR count). The average molecular weight is 364 g/mol. The first-order valence-electron chi connectivity index (χ1n) is 8.36. The van der Waals surface area contributed by atoms with E-state index >= 15 is 0 Å². The molecule has 0 atom stereocenters. The molecule has 0 bridgehead atoms. The van der Waals surface area contributed by atoms with Gasteiger partial charge in [0.25, 0.3) is 5.56 Å². The molecule has 1 fully saturated rings. The maximum atomic E-state index is 12.3. The summed E-state index contributed by atoms with van der Waals surface area (Å²) in [6.45, 7) is 2.14. The van der Waals surface area contributed by atoms with Crippen molar-refractivity contribution in [2.75, 3.05) is 6.54 Å². The first-order valence-corrected chi connectivity index (χ1v) is 9.12. The summed E-state index contributed by atoms with van der Waals surface area (Å²) in [5, 5.41) is 1.36. The summed E-state index contributed by atoms with van der Waals surface area (Å²) in [6, 6.07) is 5.57. The molecule has 1 N–H and O–H groups in total. The molecule has 1 aromatic heterocycles. The number of aromatic amines is 1. The normalized spacial score (nSPS) is 17.8. The van der Waals surface area contributed by atoms with Gasteiger partial charge in [0.15, 0.2) is 0 Å². The molecule has 24 heavy (non-hydrogen) atoms. The fourth-order valence-electron chi connectivity index (χ4n) is 3.28. The first kappa shape index (κ1) is 16.1. The lowest BCUT2D eigenvalue weighted by molar-refractivity contribution is 0.240. The van der Waals surface area contributed by atoms with Crippen LogP contribution in [0.5, 0.6) is 0 Å². The maximum absolute atomic E-state index is 12.3. The van der Waals surface area contributed by atoms with Gasteiger partial charge in [0.05, 0.1) is 5.69 Å². The summed E-state index contributed by atoms with van der Waals surface area (Å²) in [7, 11) is 0. The number of nitrogens with one attached hydrogen (secondary N) is 1. The number of benzene rings is 1. The largest absolute Gasteiger partial charge is 0.310 e. The number of H-pyrrole nitrogens is 1. The number of fused-ring (bicyclic) bond motifs is 1. The zero-order chi connectivity index (χ0) is 16.7. The van der Waals surface area contributed by atoms with E-state index in [9.17, 15) is 4.79 Å². The van der Waals surface area contributed by atoms with E-state index in [0.717, 1.165) is 35.6 Å². The number of nitrogens with zero attached hydrogens (tertiary/aromatic N) is 2. The van der Waals surface area contributed by atoms with Crippen LogP contribution in [0.2, 0.25) is 10.0 Å². The van der Waals surface area contributed by atoms with Crippen LogP contribution in [0.4, 0.5) is 0 Å². The molecular weight excluding hydrogens is 345 g/mol. The van der Waals surface area contributed by atoms with Gasteiger partial charge in [-0.3, -0.25) is 9.69 Å². The molecular formula is C18H19Cl2N3O. The molecule has 6 heteroatoms. The molecule has 1 aliphatic carbocycles. The lowest BCUT2D eigenvalue weighted by atomic mass is 10.1. The lowest BCUT2D eigenvalue weighted by Gasteiger charge is -2.28. The Labute approximate surface area is 150 Å². The Morgan fingerprint density at radius 2 is 2.00 bits per heavy atom. The molecule has 0 spiro atoms.